The molecule has 3 aromatic rings. The maximum atomic E-state index is 12.2. The van der Waals surface area contributed by atoms with Crippen LogP contribution in [-0.4, -0.2) is 16.6 Å². The second-order valence-corrected chi connectivity index (χ2v) is 5.45. The number of amides is 1. The highest BCUT2D eigenvalue weighted by molar-refractivity contribution is 6.30. The summed E-state index contributed by atoms with van der Waals surface area (Å²) in [6, 6.07) is 20.0. The highest BCUT2D eigenvalue weighted by Crippen LogP contribution is 2.11. The van der Waals surface area contributed by atoms with Gasteiger partial charge in [-0.15, -0.1) is 0 Å². The summed E-state index contributed by atoms with van der Waals surface area (Å²) in [5, 5.41) is 4.89. The van der Waals surface area contributed by atoms with Crippen molar-refractivity contribution in [1.29, 1.82) is 0 Å². The molecule has 0 radical (unpaired) electrons. The minimum atomic E-state index is -0.302. The van der Waals surface area contributed by atoms with Crippen molar-refractivity contribution in [2.24, 2.45) is 5.10 Å². The molecule has 4 nitrogen and oxygen atoms in total. The molecule has 0 saturated heterocycles. The van der Waals surface area contributed by atoms with E-state index in [1.807, 2.05) is 42.5 Å². The predicted molar refractivity (Wildman–Crippen MR) is 95.2 cm³/mol. The van der Waals surface area contributed by atoms with Crippen LogP contribution >= 0.6 is 11.6 Å². The number of hydrogen-bond acceptors (Lipinski definition) is 3. The van der Waals surface area contributed by atoms with Crippen LogP contribution in [0, 0.1) is 0 Å². The Morgan fingerprint density at radius 2 is 1.58 bits per heavy atom. The lowest BCUT2D eigenvalue weighted by Crippen LogP contribution is -2.20. The third-order valence-electron chi connectivity index (χ3n) is 3.36. The lowest BCUT2D eigenvalue weighted by atomic mass is 10.0. The molecular formula is C19H14ClN3O. The first-order valence-corrected chi connectivity index (χ1v) is 7.71. The van der Waals surface area contributed by atoms with Gasteiger partial charge in [-0.25, -0.2) is 5.43 Å². The Labute approximate surface area is 144 Å². The third kappa shape index (κ3) is 3.86. The second kappa shape index (κ2) is 7.53. The maximum absolute atomic E-state index is 12.2. The van der Waals surface area contributed by atoms with Crippen LogP contribution in [0.5, 0.6) is 0 Å². The number of carbonyl (C=O) groups excluding carboxylic acids is 1. The highest BCUT2D eigenvalue weighted by Gasteiger charge is 2.09. The van der Waals surface area contributed by atoms with E-state index in [2.05, 4.69) is 15.5 Å². The molecule has 0 spiro atoms. The first kappa shape index (κ1) is 15.9. The molecule has 0 bridgehead atoms. The zero-order valence-corrected chi connectivity index (χ0v) is 13.4. The topological polar surface area (TPSA) is 54.4 Å². The number of hydrogen-bond donors (Lipinski definition) is 1. The van der Waals surface area contributed by atoms with Crippen LogP contribution in [0.1, 0.15) is 21.5 Å². The van der Waals surface area contributed by atoms with E-state index in [-0.39, 0.29) is 5.91 Å². The Morgan fingerprint density at radius 1 is 0.875 bits per heavy atom. The van der Waals surface area contributed by atoms with Gasteiger partial charge in [-0.2, -0.15) is 5.10 Å². The Balaban J connectivity index is 1.90. The molecule has 1 amide bonds. The molecule has 24 heavy (non-hydrogen) atoms. The number of rotatable bonds is 4. The average Bonchev–Trinajstić information content (AvgIpc) is 2.64. The first-order chi connectivity index (χ1) is 11.7. The quantitative estimate of drug-likeness (QED) is 0.580. The second-order valence-electron chi connectivity index (χ2n) is 5.02. The number of pyridine rings is 1. The highest BCUT2D eigenvalue weighted by atomic mass is 35.5. The zero-order valence-electron chi connectivity index (χ0n) is 12.7. The van der Waals surface area contributed by atoms with E-state index in [4.69, 9.17) is 11.6 Å². The summed E-state index contributed by atoms with van der Waals surface area (Å²) in [5.41, 5.74) is 5.44. The van der Waals surface area contributed by atoms with E-state index < -0.39 is 0 Å². The van der Waals surface area contributed by atoms with Gasteiger partial charge in [0.15, 0.2) is 0 Å². The number of nitrogens with one attached hydrogen (secondary N) is 1. The smallest absolute Gasteiger partial charge is 0.267 e. The van der Waals surface area contributed by atoms with Crippen molar-refractivity contribution in [2.45, 2.75) is 0 Å². The van der Waals surface area contributed by atoms with Crippen molar-refractivity contribution in [3.05, 3.63) is 101 Å². The fraction of sp³-hybridized carbons (Fsp3) is 0. The molecule has 0 saturated carbocycles. The molecule has 2 aromatic carbocycles. The number of hydrazone groups is 1. The van der Waals surface area contributed by atoms with Crippen LogP contribution in [0.25, 0.3) is 0 Å². The van der Waals surface area contributed by atoms with E-state index in [0.717, 1.165) is 11.1 Å². The van der Waals surface area contributed by atoms with Gasteiger partial charge in [0, 0.05) is 34.1 Å². The average molecular weight is 336 g/mol. The first-order valence-electron chi connectivity index (χ1n) is 7.33. The summed E-state index contributed by atoms with van der Waals surface area (Å²) in [7, 11) is 0. The predicted octanol–water partition coefficient (Wildman–Crippen LogP) is 3.92. The number of halogens is 1. The molecule has 0 aliphatic rings. The van der Waals surface area contributed by atoms with Gasteiger partial charge in [0.2, 0.25) is 0 Å². The molecule has 0 fully saturated rings. The Bertz CT molecular complexity index is 805. The van der Waals surface area contributed by atoms with Crippen molar-refractivity contribution in [1.82, 2.24) is 10.4 Å². The van der Waals surface area contributed by atoms with Crippen LogP contribution < -0.4 is 5.43 Å². The maximum Gasteiger partial charge on any atom is 0.271 e. The largest absolute Gasteiger partial charge is 0.271 e. The number of benzene rings is 2. The van der Waals surface area contributed by atoms with Crippen molar-refractivity contribution >= 4 is 23.2 Å². The van der Waals surface area contributed by atoms with Crippen LogP contribution in [0.15, 0.2) is 84.2 Å². The van der Waals surface area contributed by atoms with Crippen LogP contribution in [-0.2, 0) is 0 Å². The number of nitrogens with zero attached hydrogens (tertiary/aromatic N) is 2. The monoisotopic (exact) mass is 335 g/mol. The summed E-state index contributed by atoms with van der Waals surface area (Å²) in [5.74, 6) is -0.302. The normalized spacial score (nSPS) is 11.1. The lowest BCUT2D eigenvalue weighted by molar-refractivity contribution is 0.0955. The summed E-state index contributed by atoms with van der Waals surface area (Å²) >= 11 is 5.84. The molecule has 1 N–H and O–H groups in total. The standard InChI is InChI=1S/C19H14ClN3O/c20-17-10-8-15(9-11-17)19(24)23-22-18(14-5-2-1-3-6-14)16-7-4-12-21-13-16/h1-13H,(H,23,24)/b22-18+. The lowest BCUT2D eigenvalue weighted by Gasteiger charge is -2.07. The molecular weight excluding hydrogens is 322 g/mol. The number of aromatic nitrogens is 1. The van der Waals surface area contributed by atoms with E-state index >= 15 is 0 Å². The van der Waals surface area contributed by atoms with Gasteiger partial charge in [0.25, 0.3) is 5.91 Å². The molecule has 0 unspecified atom stereocenters. The molecule has 118 valence electrons. The van der Waals surface area contributed by atoms with E-state index in [1.165, 1.54) is 0 Å². The zero-order chi connectivity index (χ0) is 16.8. The van der Waals surface area contributed by atoms with Crippen molar-refractivity contribution in [3.63, 3.8) is 0 Å². The van der Waals surface area contributed by atoms with Crippen molar-refractivity contribution in [3.8, 4) is 0 Å². The summed E-state index contributed by atoms with van der Waals surface area (Å²) in [6.45, 7) is 0. The van der Waals surface area contributed by atoms with Gasteiger partial charge in [0.05, 0.1) is 5.71 Å². The van der Waals surface area contributed by atoms with Crippen LogP contribution in [0.2, 0.25) is 5.02 Å². The Kier molecular flexibility index (Phi) is 4.99. The SMILES string of the molecule is O=C(N/N=C(\c1ccccc1)c1cccnc1)c1ccc(Cl)cc1. The van der Waals surface area contributed by atoms with Crippen LogP contribution in [0.4, 0.5) is 0 Å². The molecule has 5 heteroatoms. The van der Waals surface area contributed by atoms with E-state index in [9.17, 15) is 4.79 Å². The third-order valence-corrected chi connectivity index (χ3v) is 3.61. The van der Waals surface area contributed by atoms with E-state index in [0.29, 0.717) is 16.3 Å². The molecule has 3 rings (SSSR count). The van der Waals surface area contributed by atoms with E-state index in [1.54, 1.807) is 36.7 Å². The fourth-order valence-electron chi connectivity index (χ4n) is 2.17. The van der Waals surface area contributed by atoms with Gasteiger partial charge in [-0.3, -0.25) is 9.78 Å². The van der Waals surface area contributed by atoms with Gasteiger partial charge < -0.3 is 0 Å². The molecule has 1 aromatic heterocycles. The van der Waals surface area contributed by atoms with Gasteiger partial charge in [-0.1, -0.05) is 41.9 Å². The molecule has 0 aliphatic carbocycles. The van der Waals surface area contributed by atoms with Crippen molar-refractivity contribution < 1.29 is 4.79 Å². The molecule has 1 heterocycles. The minimum Gasteiger partial charge on any atom is -0.267 e. The van der Waals surface area contributed by atoms with Crippen LogP contribution in [0.3, 0.4) is 0 Å². The molecule has 0 aliphatic heterocycles. The number of carbonyl (C=O) groups is 1. The summed E-state index contributed by atoms with van der Waals surface area (Å²) < 4.78 is 0. The van der Waals surface area contributed by atoms with Gasteiger partial charge in [-0.05, 0) is 36.4 Å². The Hall–Kier alpha value is -2.98. The summed E-state index contributed by atoms with van der Waals surface area (Å²) in [6.07, 6.45) is 3.40. The fourth-order valence-corrected chi connectivity index (χ4v) is 2.29. The van der Waals surface area contributed by atoms with Gasteiger partial charge in [0.1, 0.15) is 0 Å². The molecule has 0 atom stereocenters. The Morgan fingerprint density at radius 3 is 2.25 bits per heavy atom. The summed E-state index contributed by atoms with van der Waals surface area (Å²) in [4.78, 5) is 16.4. The van der Waals surface area contributed by atoms with Crippen molar-refractivity contribution in [2.75, 3.05) is 0 Å². The minimum absolute atomic E-state index is 0.302. The van der Waals surface area contributed by atoms with Gasteiger partial charge >= 0.3 is 0 Å².